The molecule has 0 aromatic heterocycles. The van der Waals surface area contributed by atoms with Crippen molar-refractivity contribution in [2.75, 3.05) is 0 Å². The second-order valence-corrected chi connectivity index (χ2v) is 7.25. The molecule has 0 saturated heterocycles. The van der Waals surface area contributed by atoms with E-state index in [1.54, 1.807) is 0 Å². The molecule has 30 valence electrons. The number of rotatable bonds is 0. The zero-order valence-electron chi connectivity index (χ0n) is 1.88. The standard InChI is InChI=1S/Mo.Ni.2H2P/h;;2*1H2/q+2;;2*-1. The van der Waals surface area contributed by atoms with Crippen molar-refractivity contribution < 1.29 is 34.0 Å². The predicted molar refractivity (Wildman–Crippen MR) is 19.4 cm³/mol. The molecule has 0 rings (SSSR count). The fourth-order valence-corrected chi connectivity index (χ4v) is 0. The van der Waals surface area contributed by atoms with Gasteiger partial charge in [-0.25, -0.2) is 0 Å². The molecule has 0 aliphatic heterocycles. The van der Waals surface area contributed by atoms with Gasteiger partial charge in [-0.3, -0.25) is 0 Å². The fraction of sp³-hybridized carbons (Fsp3) is 0. The van der Waals surface area contributed by atoms with Gasteiger partial charge in [0.1, 0.15) is 0 Å². The average Bonchev–Trinajstić information content (AvgIpc) is 0.918. The van der Waals surface area contributed by atoms with Gasteiger partial charge in [-0.1, -0.05) is 0 Å². The van der Waals surface area contributed by atoms with Gasteiger partial charge in [0, 0.05) is 16.5 Å². The summed E-state index contributed by atoms with van der Waals surface area (Å²) in [4.78, 5) is 0. The molecule has 0 aromatic rings. The Labute approximate surface area is 48.7 Å². The molecule has 4 heavy (non-hydrogen) atoms. The van der Waals surface area contributed by atoms with Crippen molar-refractivity contribution in [3.8, 4) is 0 Å². The molecule has 0 fully saturated rings. The normalized spacial score (nSPS) is 4.50. The number of hydrogen-bond donors (Lipinski definition) is 0. The van der Waals surface area contributed by atoms with E-state index < -0.39 is 0 Å². The van der Waals surface area contributed by atoms with Gasteiger partial charge < -0.3 is 0 Å². The summed E-state index contributed by atoms with van der Waals surface area (Å²) >= 11 is 0.303. The summed E-state index contributed by atoms with van der Waals surface area (Å²) in [5.41, 5.74) is 0. The van der Waals surface area contributed by atoms with E-state index in [0.717, 1.165) is 0 Å². The monoisotopic (exact) mass is 222 g/mol. The zero-order valence-corrected chi connectivity index (χ0v) is 7.18. The summed E-state index contributed by atoms with van der Waals surface area (Å²) in [6, 6.07) is 0. The maximum absolute atomic E-state index is 2.67. The Morgan fingerprint density at radius 1 is 1.25 bits per heavy atom. The molecular weight excluding hydrogens is 217 g/mol. The van der Waals surface area contributed by atoms with Crippen LogP contribution in [-0.2, 0) is 34.0 Å². The van der Waals surface area contributed by atoms with Crippen molar-refractivity contribution in [2.24, 2.45) is 0 Å². The van der Waals surface area contributed by atoms with Crippen LogP contribution in [0.25, 0.3) is 0 Å². The van der Waals surface area contributed by atoms with Gasteiger partial charge in [0.15, 0.2) is 0 Å². The summed E-state index contributed by atoms with van der Waals surface area (Å²) in [5, 5.41) is 0. The van der Waals surface area contributed by atoms with Crippen LogP contribution in [-0.4, -0.2) is 0 Å². The maximum atomic E-state index is 2.67. The average molecular weight is 221 g/mol. The van der Waals surface area contributed by atoms with Crippen LogP contribution in [0.2, 0.25) is 0 Å². The van der Waals surface area contributed by atoms with Crippen molar-refractivity contribution in [3.05, 3.63) is 0 Å². The van der Waals surface area contributed by atoms with Gasteiger partial charge >= 0.3 is 32.2 Å². The summed E-state index contributed by atoms with van der Waals surface area (Å²) in [7, 11) is 5.34. The first-order chi connectivity index (χ1) is 1.41. The minimum atomic E-state index is 0. The van der Waals surface area contributed by atoms with Crippen molar-refractivity contribution in [1.82, 2.24) is 0 Å². The van der Waals surface area contributed by atoms with Crippen molar-refractivity contribution in [2.45, 2.75) is 0 Å². The molecule has 0 bridgehead atoms. The second kappa shape index (κ2) is 8.90. The van der Waals surface area contributed by atoms with Crippen LogP contribution in [0.5, 0.6) is 0 Å². The first-order valence-electron chi connectivity index (χ1n) is 0.471. The quantitative estimate of drug-likeness (QED) is 0.415. The van der Waals surface area contributed by atoms with Gasteiger partial charge in [-0.05, 0) is 0 Å². The molecule has 2 unspecified atom stereocenters. The summed E-state index contributed by atoms with van der Waals surface area (Å²) in [6.07, 6.45) is 0. The zero-order chi connectivity index (χ0) is 2.71. The Morgan fingerprint density at radius 3 is 1.25 bits per heavy atom. The molecule has 0 aliphatic rings. The van der Waals surface area contributed by atoms with Crippen LogP contribution in [0, 0.1) is 0 Å². The SMILES string of the molecule is [Ni].[PH2][Mo][PH2]. The summed E-state index contributed by atoms with van der Waals surface area (Å²) in [6.45, 7) is 0. The van der Waals surface area contributed by atoms with E-state index in [4.69, 9.17) is 0 Å². The van der Waals surface area contributed by atoms with Crippen molar-refractivity contribution in [3.63, 3.8) is 0 Å². The molecule has 0 N–H and O–H groups in total. The topological polar surface area (TPSA) is 0 Å². The molecule has 0 amide bonds. The third-order valence-corrected chi connectivity index (χ3v) is 0. The first kappa shape index (κ1) is 9.40. The van der Waals surface area contributed by atoms with E-state index in [0.29, 0.717) is 17.5 Å². The third kappa shape index (κ3) is 8.97. The van der Waals surface area contributed by atoms with Crippen molar-refractivity contribution in [1.29, 1.82) is 0 Å². The van der Waals surface area contributed by atoms with Crippen LogP contribution in [0.15, 0.2) is 0 Å². The molecule has 0 spiro atoms. The molecule has 0 radical (unpaired) electrons. The van der Waals surface area contributed by atoms with Gasteiger partial charge in [0.2, 0.25) is 0 Å². The van der Waals surface area contributed by atoms with Crippen LogP contribution < -0.4 is 0 Å². The van der Waals surface area contributed by atoms with Crippen molar-refractivity contribution >= 4 is 14.7 Å². The van der Waals surface area contributed by atoms with Gasteiger partial charge in [-0.15, -0.1) is 0 Å². The predicted octanol–water partition coefficient (Wildman–Crippen LogP) is 0.647. The van der Waals surface area contributed by atoms with E-state index in [1.807, 2.05) is 0 Å². The minimum absolute atomic E-state index is 0. The van der Waals surface area contributed by atoms with E-state index in [2.05, 4.69) is 14.7 Å². The molecular formula is H4MoNiP2. The van der Waals surface area contributed by atoms with E-state index in [-0.39, 0.29) is 16.5 Å². The molecule has 0 nitrogen and oxygen atoms in total. The first-order valence-corrected chi connectivity index (χ1v) is 8.37. The van der Waals surface area contributed by atoms with Crippen LogP contribution in [0.1, 0.15) is 0 Å². The molecule has 0 aliphatic carbocycles. The molecule has 0 heterocycles. The Bertz CT molecular complexity index is 6.00. The molecule has 0 aromatic carbocycles. The van der Waals surface area contributed by atoms with E-state index in [9.17, 15) is 0 Å². The number of hydrogen-bond acceptors (Lipinski definition) is 0. The van der Waals surface area contributed by atoms with Gasteiger partial charge in [-0.2, -0.15) is 0 Å². The van der Waals surface area contributed by atoms with E-state index in [1.165, 1.54) is 0 Å². The summed E-state index contributed by atoms with van der Waals surface area (Å²) in [5.74, 6) is 0. The van der Waals surface area contributed by atoms with Crippen LogP contribution >= 0.6 is 14.7 Å². The Kier molecular flexibility index (Phi) is 20.9. The molecule has 0 saturated carbocycles. The van der Waals surface area contributed by atoms with Gasteiger partial charge in [0.05, 0.1) is 0 Å². The fourth-order valence-electron chi connectivity index (χ4n) is 0. The van der Waals surface area contributed by atoms with E-state index >= 15 is 0 Å². The Morgan fingerprint density at radius 2 is 1.25 bits per heavy atom. The molecule has 4 heteroatoms. The van der Waals surface area contributed by atoms with Crippen LogP contribution in [0.4, 0.5) is 0 Å². The Hall–Kier alpha value is 2.04. The third-order valence-electron chi connectivity index (χ3n) is 0. The van der Waals surface area contributed by atoms with Crippen LogP contribution in [0.3, 0.4) is 0 Å². The molecule has 2 atom stereocenters. The second-order valence-electron chi connectivity index (χ2n) is 0.136. The summed E-state index contributed by atoms with van der Waals surface area (Å²) < 4.78 is 0. The van der Waals surface area contributed by atoms with Gasteiger partial charge in [0.25, 0.3) is 0 Å². The Balaban J connectivity index is 0.